The molecule has 7 nitrogen and oxygen atoms in total. The van der Waals surface area contributed by atoms with E-state index in [2.05, 4.69) is 20.3 Å². The average molecular weight is 379 g/mol. The van der Waals surface area contributed by atoms with Gasteiger partial charge in [0.15, 0.2) is 5.82 Å². The summed E-state index contributed by atoms with van der Waals surface area (Å²) in [4.78, 5) is 9.11. The molecule has 2 N–H and O–H groups in total. The smallest absolute Gasteiger partial charge is 0.259 e. The lowest BCUT2D eigenvalue weighted by atomic mass is 9.98. The zero-order valence-electron chi connectivity index (χ0n) is 15.3. The number of benzene rings is 1. The van der Waals surface area contributed by atoms with Gasteiger partial charge in [-0.25, -0.2) is 9.37 Å². The summed E-state index contributed by atoms with van der Waals surface area (Å²) >= 11 is 0. The van der Waals surface area contributed by atoms with Gasteiger partial charge in [-0.05, 0) is 50.1 Å². The van der Waals surface area contributed by atoms with Crippen molar-refractivity contribution in [2.75, 3.05) is 0 Å². The minimum absolute atomic E-state index is 0.313. The maximum absolute atomic E-state index is 13.3. The van der Waals surface area contributed by atoms with Gasteiger partial charge in [0.2, 0.25) is 0 Å². The van der Waals surface area contributed by atoms with Crippen molar-refractivity contribution in [3.63, 3.8) is 0 Å². The van der Waals surface area contributed by atoms with Gasteiger partial charge in [0.25, 0.3) is 11.6 Å². The normalized spacial score (nSPS) is 16.1. The average Bonchev–Trinajstić information content (AvgIpc) is 3.43. The second-order valence-electron chi connectivity index (χ2n) is 7.30. The Morgan fingerprint density at radius 2 is 1.79 bits per heavy atom. The summed E-state index contributed by atoms with van der Waals surface area (Å²) in [6, 6.07) is 7.91. The first-order chi connectivity index (χ1) is 13.5. The highest BCUT2D eigenvalue weighted by Gasteiger charge is 2.36. The number of hydrogen-bond acceptors (Lipinski definition) is 7. The molecule has 3 aromatic heterocycles. The van der Waals surface area contributed by atoms with Crippen LogP contribution in [-0.4, -0.2) is 20.3 Å². The number of aromatic nitrogens is 4. The SMILES string of the molecule is Cc1noc2nc(-c3ccc(F)cc3)cc(-c3nc(C4(N)CCCC4)no3)c12. The van der Waals surface area contributed by atoms with E-state index in [1.54, 1.807) is 12.1 Å². The molecule has 0 radical (unpaired) electrons. The van der Waals surface area contributed by atoms with Crippen LogP contribution in [0.15, 0.2) is 39.4 Å². The number of nitrogens with two attached hydrogens (primary N) is 1. The van der Waals surface area contributed by atoms with Crippen molar-refractivity contribution in [3.8, 4) is 22.7 Å². The van der Waals surface area contributed by atoms with Crippen LogP contribution in [0.4, 0.5) is 4.39 Å². The lowest BCUT2D eigenvalue weighted by Crippen LogP contribution is -2.34. The van der Waals surface area contributed by atoms with Crippen molar-refractivity contribution < 1.29 is 13.4 Å². The molecule has 0 bridgehead atoms. The van der Waals surface area contributed by atoms with Crippen LogP contribution in [0.3, 0.4) is 0 Å². The Kier molecular flexibility index (Phi) is 3.77. The Labute approximate surface area is 159 Å². The third-order valence-electron chi connectivity index (χ3n) is 5.35. The van der Waals surface area contributed by atoms with E-state index in [1.165, 1.54) is 12.1 Å². The highest BCUT2D eigenvalue weighted by atomic mass is 19.1. The van der Waals surface area contributed by atoms with Gasteiger partial charge in [0.1, 0.15) is 5.82 Å². The number of pyridine rings is 1. The molecule has 142 valence electrons. The van der Waals surface area contributed by atoms with Gasteiger partial charge in [0.05, 0.1) is 27.9 Å². The lowest BCUT2D eigenvalue weighted by Gasteiger charge is -2.17. The minimum Gasteiger partial charge on any atom is -0.335 e. The first-order valence-electron chi connectivity index (χ1n) is 9.20. The van der Waals surface area contributed by atoms with Crippen LogP contribution >= 0.6 is 0 Å². The number of nitrogens with zero attached hydrogens (tertiary/aromatic N) is 4. The van der Waals surface area contributed by atoms with E-state index in [4.69, 9.17) is 14.8 Å². The predicted molar refractivity (Wildman–Crippen MR) is 99.6 cm³/mol. The first kappa shape index (κ1) is 17.0. The van der Waals surface area contributed by atoms with Crippen molar-refractivity contribution in [1.82, 2.24) is 20.3 Å². The third kappa shape index (κ3) is 2.68. The van der Waals surface area contributed by atoms with Gasteiger partial charge >= 0.3 is 0 Å². The van der Waals surface area contributed by atoms with E-state index in [9.17, 15) is 4.39 Å². The summed E-state index contributed by atoms with van der Waals surface area (Å²) in [6.07, 6.45) is 3.79. The molecule has 0 aliphatic heterocycles. The van der Waals surface area contributed by atoms with Crippen LogP contribution in [-0.2, 0) is 5.54 Å². The summed E-state index contributed by atoms with van der Waals surface area (Å²) in [7, 11) is 0. The number of hydrogen-bond donors (Lipinski definition) is 1. The van der Waals surface area contributed by atoms with Gasteiger partial charge in [-0.1, -0.05) is 23.2 Å². The molecule has 3 heterocycles. The summed E-state index contributed by atoms with van der Waals surface area (Å²) in [5, 5.41) is 8.87. The molecule has 0 unspecified atom stereocenters. The molecule has 1 saturated carbocycles. The summed E-state index contributed by atoms with van der Waals surface area (Å²) in [5.74, 6) is 0.545. The van der Waals surface area contributed by atoms with Crippen molar-refractivity contribution in [1.29, 1.82) is 0 Å². The fourth-order valence-electron chi connectivity index (χ4n) is 3.80. The van der Waals surface area contributed by atoms with E-state index in [0.717, 1.165) is 31.2 Å². The van der Waals surface area contributed by atoms with E-state index in [1.807, 2.05) is 13.0 Å². The standard InChI is InChI=1S/C20H18FN5O2/c1-11-16-14(17-24-19(26-27-17)20(22)8-2-3-9-20)10-15(23-18(16)28-25-11)12-4-6-13(21)7-5-12/h4-7,10H,2-3,8-9,22H2,1H3. The molecule has 8 heteroatoms. The van der Waals surface area contributed by atoms with Crippen LogP contribution in [0.5, 0.6) is 0 Å². The van der Waals surface area contributed by atoms with E-state index >= 15 is 0 Å². The second-order valence-corrected chi connectivity index (χ2v) is 7.30. The topological polar surface area (TPSA) is 104 Å². The van der Waals surface area contributed by atoms with E-state index < -0.39 is 5.54 Å². The molecule has 1 aliphatic carbocycles. The maximum atomic E-state index is 13.3. The van der Waals surface area contributed by atoms with Gasteiger partial charge in [-0.2, -0.15) is 4.98 Å². The van der Waals surface area contributed by atoms with Crippen molar-refractivity contribution in [2.45, 2.75) is 38.1 Å². The maximum Gasteiger partial charge on any atom is 0.259 e. The van der Waals surface area contributed by atoms with Gasteiger partial charge < -0.3 is 14.8 Å². The minimum atomic E-state index is -0.544. The third-order valence-corrected chi connectivity index (χ3v) is 5.35. The molecular weight excluding hydrogens is 361 g/mol. The molecule has 1 fully saturated rings. The fraction of sp³-hybridized carbons (Fsp3) is 0.300. The highest BCUT2D eigenvalue weighted by molar-refractivity contribution is 5.93. The predicted octanol–water partition coefficient (Wildman–Crippen LogP) is 4.12. The van der Waals surface area contributed by atoms with Crippen LogP contribution in [0.2, 0.25) is 0 Å². The Balaban J connectivity index is 1.67. The summed E-state index contributed by atoms with van der Waals surface area (Å²) < 4.78 is 24.2. The molecular formula is C20H18FN5O2. The molecule has 1 aromatic carbocycles. The lowest BCUT2D eigenvalue weighted by molar-refractivity contribution is 0.373. The van der Waals surface area contributed by atoms with Crippen LogP contribution in [0.1, 0.15) is 37.2 Å². The van der Waals surface area contributed by atoms with Gasteiger partial charge in [0, 0.05) is 5.56 Å². The molecule has 0 atom stereocenters. The quantitative estimate of drug-likeness (QED) is 0.571. The van der Waals surface area contributed by atoms with Crippen molar-refractivity contribution in [3.05, 3.63) is 47.7 Å². The Morgan fingerprint density at radius 1 is 1.04 bits per heavy atom. The molecule has 0 amide bonds. The van der Waals surface area contributed by atoms with Crippen LogP contribution < -0.4 is 5.73 Å². The largest absolute Gasteiger partial charge is 0.335 e. The molecule has 0 spiro atoms. The molecule has 0 saturated heterocycles. The van der Waals surface area contributed by atoms with Crippen LogP contribution in [0.25, 0.3) is 33.8 Å². The number of aryl methyl sites for hydroxylation is 1. The van der Waals surface area contributed by atoms with Crippen molar-refractivity contribution in [2.24, 2.45) is 5.73 Å². The van der Waals surface area contributed by atoms with Crippen molar-refractivity contribution >= 4 is 11.1 Å². The molecule has 1 aliphatic rings. The second kappa shape index (κ2) is 6.20. The van der Waals surface area contributed by atoms with E-state index in [0.29, 0.717) is 39.8 Å². The Hall–Kier alpha value is -3.13. The number of rotatable bonds is 3. The zero-order valence-corrected chi connectivity index (χ0v) is 15.3. The first-order valence-corrected chi connectivity index (χ1v) is 9.20. The Morgan fingerprint density at radius 3 is 2.54 bits per heavy atom. The summed E-state index contributed by atoms with van der Waals surface area (Å²) in [6.45, 7) is 1.83. The monoisotopic (exact) mass is 379 g/mol. The molecule has 28 heavy (non-hydrogen) atoms. The van der Waals surface area contributed by atoms with Gasteiger partial charge in [-0.3, -0.25) is 0 Å². The fourth-order valence-corrected chi connectivity index (χ4v) is 3.80. The Bertz CT molecular complexity index is 1160. The van der Waals surface area contributed by atoms with E-state index in [-0.39, 0.29) is 5.82 Å². The van der Waals surface area contributed by atoms with Crippen LogP contribution in [0, 0.1) is 12.7 Å². The molecule has 4 aromatic rings. The summed E-state index contributed by atoms with van der Waals surface area (Å²) in [5.41, 5.74) is 8.96. The van der Waals surface area contributed by atoms with Gasteiger partial charge in [-0.15, -0.1) is 0 Å². The number of halogens is 1. The molecule has 5 rings (SSSR count). The zero-order chi connectivity index (χ0) is 19.3. The number of fused-ring (bicyclic) bond motifs is 1. The highest BCUT2D eigenvalue weighted by Crippen LogP contribution is 2.37.